The van der Waals surface area contributed by atoms with Crippen LogP contribution in [-0.2, 0) is 0 Å². The van der Waals surface area contributed by atoms with Crippen molar-refractivity contribution in [2.45, 2.75) is 31.7 Å². The van der Waals surface area contributed by atoms with Crippen molar-refractivity contribution in [3.05, 3.63) is 30.3 Å². The van der Waals surface area contributed by atoms with E-state index in [9.17, 15) is 4.79 Å². The summed E-state index contributed by atoms with van der Waals surface area (Å²) in [5, 5.41) is 5.87. The second-order valence-electron chi connectivity index (χ2n) is 4.93. The number of para-hydroxylation sites is 1. The standard InChI is InChI=1S/C14H21N3O/c15-10-11-5-4-8-13(9-11)17-14(18)16-12-6-2-1-3-7-12/h1-3,6-7,11,13H,4-5,8-10,15H2,(H2,16,17,18). The fourth-order valence-electron chi connectivity index (χ4n) is 2.51. The van der Waals surface area contributed by atoms with Crippen LogP contribution in [-0.4, -0.2) is 18.6 Å². The fraction of sp³-hybridized carbons (Fsp3) is 0.500. The smallest absolute Gasteiger partial charge is 0.319 e. The molecular weight excluding hydrogens is 226 g/mol. The molecule has 0 radical (unpaired) electrons. The highest BCUT2D eigenvalue weighted by Gasteiger charge is 2.22. The third kappa shape index (κ3) is 3.74. The van der Waals surface area contributed by atoms with Crippen molar-refractivity contribution in [3.8, 4) is 0 Å². The van der Waals surface area contributed by atoms with Crippen molar-refractivity contribution in [3.63, 3.8) is 0 Å². The summed E-state index contributed by atoms with van der Waals surface area (Å²) in [6, 6.07) is 9.63. The molecule has 1 aliphatic rings. The van der Waals surface area contributed by atoms with Crippen LogP contribution >= 0.6 is 0 Å². The second kappa shape index (κ2) is 6.40. The molecule has 18 heavy (non-hydrogen) atoms. The van der Waals surface area contributed by atoms with E-state index in [0.29, 0.717) is 5.92 Å². The Morgan fingerprint density at radius 2 is 2.06 bits per heavy atom. The monoisotopic (exact) mass is 247 g/mol. The highest BCUT2D eigenvalue weighted by atomic mass is 16.2. The van der Waals surface area contributed by atoms with Crippen LogP contribution in [0.2, 0.25) is 0 Å². The number of carbonyl (C=O) groups is 1. The minimum atomic E-state index is -0.121. The number of amides is 2. The predicted octanol–water partition coefficient (Wildman–Crippen LogP) is 2.33. The molecule has 4 nitrogen and oxygen atoms in total. The van der Waals surface area contributed by atoms with Crippen LogP contribution in [0.15, 0.2) is 30.3 Å². The molecule has 2 atom stereocenters. The lowest BCUT2D eigenvalue weighted by atomic mass is 9.86. The summed E-state index contributed by atoms with van der Waals surface area (Å²) >= 11 is 0. The number of anilines is 1. The Hall–Kier alpha value is -1.55. The van der Waals surface area contributed by atoms with E-state index < -0.39 is 0 Å². The third-order valence-electron chi connectivity index (χ3n) is 3.48. The minimum absolute atomic E-state index is 0.121. The van der Waals surface area contributed by atoms with Gasteiger partial charge in [0, 0.05) is 11.7 Å². The van der Waals surface area contributed by atoms with Gasteiger partial charge < -0.3 is 16.4 Å². The molecule has 2 amide bonds. The number of nitrogens with one attached hydrogen (secondary N) is 2. The zero-order valence-corrected chi connectivity index (χ0v) is 10.6. The van der Waals surface area contributed by atoms with Crippen molar-refractivity contribution in [2.24, 2.45) is 11.7 Å². The summed E-state index contributed by atoms with van der Waals surface area (Å²) in [5.41, 5.74) is 6.51. The van der Waals surface area contributed by atoms with Gasteiger partial charge in [-0.05, 0) is 43.9 Å². The molecule has 0 spiro atoms. The Bertz CT molecular complexity index is 380. The first kappa shape index (κ1) is 12.9. The largest absolute Gasteiger partial charge is 0.335 e. The predicted molar refractivity (Wildman–Crippen MR) is 73.4 cm³/mol. The number of rotatable bonds is 3. The lowest BCUT2D eigenvalue weighted by Crippen LogP contribution is -2.41. The van der Waals surface area contributed by atoms with Gasteiger partial charge in [0.1, 0.15) is 0 Å². The molecule has 0 heterocycles. The molecule has 0 aliphatic heterocycles. The lowest BCUT2D eigenvalue weighted by molar-refractivity contribution is 0.237. The molecule has 4 N–H and O–H groups in total. The SMILES string of the molecule is NCC1CCCC(NC(=O)Nc2ccccc2)C1. The zero-order chi connectivity index (χ0) is 12.8. The maximum Gasteiger partial charge on any atom is 0.319 e. The van der Waals surface area contributed by atoms with Crippen LogP contribution in [0.1, 0.15) is 25.7 Å². The molecule has 0 aromatic heterocycles. The molecule has 98 valence electrons. The summed E-state index contributed by atoms with van der Waals surface area (Å²) in [4.78, 5) is 11.8. The Kier molecular flexibility index (Phi) is 4.59. The van der Waals surface area contributed by atoms with Gasteiger partial charge >= 0.3 is 6.03 Å². The van der Waals surface area contributed by atoms with E-state index in [2.05, 4.69) is 10.6 Å². The minimum Gasteiger partial charge on any atom is -0.335 e. The van der Waals surface area contributed by atoms with E-state index >= 15 is 0 Å². The lowest BCUT2D eigenvalue weighted by Gasteiger charge is -2.28. The zero-order valence-electron chi connectivity index (χ0n) is 10.6. The van der Waals surface area contributed by atoms with Crippen molar-refractivity contribution in [1.82, 2.24) is 5.32 Å². The van der Waals surface area contributed by atoms with Gasteiger partial charge in [-0.2, -0.15) is 0 Å². The quantitative estimate of drug-likeness (QED) is 0.767. The van der Waals surface area contributed by atoms with Crippen molar-refractivity contribution >= 4 is 11.7 Å². The maximum absolute atomic E-state index is 11.8. The van der Waals surface area contributed by atoms with Gasteiger partial charge in [-0.1, -0.05) is 24.6 Å². The van der Waals surface area contributed by atoms with Gasteiger partial charge in [0.05, 0.1) is 0 Å². The first-order valence-corrected chi connectivity index (χ1v) is 6.60. The molecule has 1 saturated carbocycles. The molecule has 2 unspecified atom stereocenters. The van der Waals surface area contributed by atoms with E-state index in [0.717, 1.165) is 31.5 Å². The van der Waals surface area contributed by atoms with Crippen molar-refractivity contribution < 1.29 is 4.79 Å². The van der Waals surface area contributed by atoms with Gasteiger partial charge in [-0.15, -0.1) is 0 Å². The second-order valence-corrected chi connectivity index (χ2v) is 4.93. The number of hydrogen-bond acceptors (Lipinski definition) is 2. The van der Waals surface area contributed by atoms with E-state index in [1.807, 2.05) is 30.3 Å². The van der Waals surface area contributed by atoms with E-state index in [-0.39, 0.29) is 12.1 Å². The highest BCUT2D eigenvalue weighted by molar-refractivity contribution is 5.89. The first-order valence-electron chi connectivity index (χ1n) is 6.60. The summed E-state index contributed by atoms with van der Waals surface area (Å²) in [6.45, 7) is 0.721. The van der Waals surface area contributed by atoms with E-state index in [4.69, 9.17) is 5.73 Å². The highest BCUT2D eigenvalue weighted by Crippen LogP contribution is 2.23. The van der Waals surface area contributed by atoms with Crippen molar-refractivity contribution in [1.29, 1.82) is 0 Å². The van der Waals surface area contributed by atoms with Gasteiger partial charge in [-0.25, -0.2) is 4.79 Å². The van der Waals surface area contributed by atoms with Crippen LogP contribution in [0.25, 0.3) is 0 Å². The van der Waals surface area contributed by atoms with Gasteiger partial charge in [0.15, 0.2) is 0 Å². The molecule has 0 saturated heterocycles. The normalized spacial score (nSPS) is 23.4. The number of carbonyl (C=O) groups excluding carboxylic acids is 1. The Morgan fingerprint density at radius 1 is 1.28 bits per heavy atom. The topological polar surface area (TPSA) is 67.1 Å². The summed E-state index contributed by atoms with van der Waals surface area (Å²) in [5.74, 6) is 0.556. The maximum atomic E-state index is 11.8. The Labute approximate surface area is 108 Å². The van der Waals surface area contributed by atoms with Crippen LogP contribution in [0.5, 0.6) is 0 Å². The van der Waals surface area contributed by atoms with Crippen LogP contribution in [0, 0.1) is 5.92 Å². The molecule has 1 aromatic carbocycles. The molecule has 1 aromatic rings. The van der Waals surface area contributed by atoms with Crippen LogP contribution in [0.4, 0.5) is 10.5 Å². The van der Waals surface area contributed by atoms with Crippen LogP contribution < -0.4 is 16.4 Å². The van der Waals surface area contributed by atoms with E-state index in [1.165, 1.54) is 6.42 Å². The average molecular weight is 247 g/mol. The number of nitrogens with two attached hydrogens (primary N) is 1. The fourth-order valence-corrected chi connectivity index (χ4v) is 2.51. The summed E-state index contributed by atoms with van der Waals surface area (Å²) in [6.07, 6.45) is 4.39. The van der Waals surface area contributed by atoms with Gasteiger partial charge in [0.2, 0.25) is 0 Å². The Balaban J connectivity index is 1.80. The Morgan fingerprint density at radius 3 is 2.78 bits per heavy atom. The summed E-state index contributed by atoms with van der Waals surface area (Å²) < 4.78 is 0. The number of urea groups is 1. The third-order valence-corrected chi connectivity index (χ3v) is 3.48. The summed E-state index contributed by atoms with van der Waals surface area (Å²) in [7, 11) is 0. The molecule has 1 fully saturated rings. The number of benzene rings is 1. The molecule has 4 heteroatoms. The van der Waals surface area contributed by atoms with Gasteiger partial charge in [0.25, 0.3) is 0 Å². The molecule has 1 aliphatic carbocycles. The molecule has 2 rings (SSSR count). The van der Waals surface area contributed by atoms with Crippen LogP contribution in [0.3, 0.4) is 0 Å². The molecule has 0 bridgehead atoms. The molecular formula is C14H21N3O. The van der Waals surface area contributed by atoms with Crippen molar-refractivity contribution in [2.75, 3.05) is 11.9 Å². The van der Waals surface area contributed by atoms with E-state index in [1.54, 1.807) is 0 Å². The average Bonchev–Trinajstić information content (AvgIpc) is 2.40. The first-order chi connectivity index (χ1) is 8.78. The van der Waals surface area contributed by atoms with Gasteiger partial charge in [-0.3, -0.25) is 0 Å². The number of hydrogen-bond donors (Lipinski definition) is 3.